The van der Waals surface area contributed by atoms with Crippen LogP contribution in [0.1, 0.15) is 28.8 Å². The summed E-state index contributed by atoms with van der Waals surface area (Å²) in [7, 11) is 1.77. The molecule has 1 aliphatic carbocycles. The second-order valence-electron chi connectivity index (χ2n) is 6.14. The van der Waals surface area contributed by atoms with Crippen molar-refractivity contribution >= 4 is 39.1 Å². The highest BCUT2D eigenvalue weighted by Gasteiger charge is 2.29. The fourth-order valence-corrected chi connectivity index (χ4v) is 3.06. The van der Waals surface area contributed by atoms with E-state index in [0.29, 0.717) is 5.56 Å². The topological polar surface area (TPSA) is 49.4 Å². The summed E-state index contributed by atoms with van der Waals surface area (Å²) in [5, 5.41) is 2.88. The SMILES string of the molecule is Cc1cc(Br)ccc1N(C)C(=O)c1ccc(NC(=O)C2CC2)cc1. The number of nitrogens with zero attached hydrogens (tertiary/aromatic N) is 1. The number of aryl methyl sites for hydroxylation is 1. The predicted molar refractivity (Wildman–Crippen MR) is 99.4 cm³/mol. The maximum absolute atomic E-state index is 12.7. The molecule has 2 amide bonds. The zero-order valence-electron chi connectivity index (χ0n) is 13.7. The van der Waals surface area contributed by atoms with E-state index < -0.39 is 0 Å². The smallest absolute Gasteiger partial charge is 0.258 e. The van der Waals surface area contributed by atoms with Gasteiger partial charge in [-0.25, -0.2) is 0 Å². The molecule has 5 heteroatoms. The van der Waals surface area contributed by atoms with Crippen molar-refractivity contribution in [3.63, 3.8) is 0 Å². The summed E-state index contributed by atoms with van der Waals surface area (Å²) in [6.07, 6.45) is 1.94. The summed E-state index contributed by atoms with van der Waals surface area (Å²) in [6.45, 7) is 1.97. The number of halogens is 1. The molecule has 0 bridgehead atoms. The first-order valence-electron chi connectivity index (χ1n) is 7.91. The van der Waals surface area contributed by atoms with Crippen LogP contribution in [-0.4, -0.2) is 18.9 Å². The Labute approximate surface area is 150 Å². The zero-order chi connectivity index (χ0) is 17.3. The Morgan fingerprint density at radius 3 is 2.38 bits per heavy atom. The lowest BCUT2D eigenvalue weighted by molar-refractivity contribution is -0.117. The highest BCUT2D eigenvalue weighted by molar-refractivity contribution is 9.10. The van der Waals surface area contributed by atoms with Crippen molar-refractivity contribution in [1.82, 2.24) is 0 Å². The molecule has 0 spiro atoms. The van der Waals surface area contributed by atoms with Gasteiger partial charge in [-0.15, -0.1) is 0 Å². The van der Waals surface area contributed by atoms with Crippen molar-refractivity contribution in [2.75, 3.05) is 17.3 Å². The van der Waals surface area contributed by atoms with Gasteiger partial charge in [0.15, 0.2) is 0 Å². The van der Waals surface area contributed by atoms with Crippen LogP contribution in [0.15, 0.2) is 46.9 Å². The fourth-order valence-electron chi connectivity index (χ4n) is 2.58. The summed E-state index contributed by atoms with van der Waals surface area (Å²) in [5.41, 5.74) is 3.21. The molecule has 0 saturated heterocycles. The number of hydrogen-bond donors (Lipinski definition) is 1. The normalized spacial score (nSPS) is 13.5. The number of anilines is 2. The molecule has 0 atom stereocenters. The molecule has 1 fully saturated rings. The first-order chi connectivity index (χ1) is 11.5. The highest BCUT2D eigenvalue weighted by Crippen LogP contribution is 2.30. The Morgan fingerprint density at radius 1 is 1.12 bits per heavy atom. The number of carbonyl (C=O) groups is 2. The first kappa shape index (κ1) is 16.7. The van der Waals surface area contributed by atoms with E-state index in [1.165, 1.54) is 0 Å². The van der Waals surface area contributed by atoms with Crippen LogP contribution in [0.4, 0.5) is 11.4 Å². The van der Waals surface area contributed by atoms with Crippen LogP contribution in [-0.2, 0) is 4.79 Å². The van der Waals surface area contributed by atoms with Gasteiger partial charge in [0, 0.05) is 34.4 Å². The largest absolute Gasteiger partial charge is 0.326 e. The number of amides is 2. The van der Waals surface area contributed by atoms with Crippen molar-refractivity contribution < 1.29 is 9.59 Å². The van der Waals surface area contributed by atoms with E-state index in [4.69, 9.17) is 0 Å². The van der Waals surface area contributed by atoms with E-state index >= 15 is 0 Å². The number of benzene rings is 2. The minimum atomic E-state index is -0.0829. The van der Waals surface area contributed by atoms with E-state index in [1.54, 1.807) is 36.2 Å². The summed E-state index contributed by atoms with van der Waals surface area (Å²) in [6, 6.07) is 12.9. The van der Waals surface area contributed by atoms with Gasteiger partial charge in [-0.3, -0.25) is 9.59 Å². The van der Waals surface area contributed by atoms with Crippen molar-refractivity contribution in [3.05, 3.63) is 58.1 Å². The Bertz CT molecular complexity index is 782. The van der Waals surface area contributed by atoms with E-state index in [2.05, 4.69) is 21.2 Å². The Hall–Kier alpha value is -2.14. The molecule has 2 aromatic rings. The van der Waals surface area contributed by atoms with Crippen LogP contribution in [0.3, 0.4) is 0 Å². The molecule has 124 valence electrons. The zero-order valence-corrected chi connectivity index (χ0v) is 15.3. The Morgan fingerprint density at radius 2 is 1.79 bits per heavy atom. The van der Waals surface area contributed by atoms with Gasteiger partial charge in [0.2, 0.25) is 5.91 Å². The molecule has 4 nitrogen and oxygen atoms in total. The van der Waals surface area contributed by atoms with Crippen molar-refractivity contribution in [2.45, 2.75) is 19.8 Å². The third-order valence-corrected chi connectivity index (χ3v) is 4.67. The number of carbonyl (C=O) groups excluding carboxylic acids is 2. The molecule has 3 rings (SSSR count). The lowest BCUT2D eigenvalue weighted by Gasteiger charge is -2.20. The Kier molecular flexibility index (Phi) is 4.71. The van der Waals surface area contributed by atoms with Gasteiger partial charge in [0.05, 0.1) is 0 Å². The van der Waals surface area contributed by atoms with Gasteiger partial charge in [-0.05, 0) is 67.8 Å². The monoisotopic (exact) mass is 386 g/mol. The maximum Gasteiger partial charge on any atom is 0.258 e. The number of hydrogen-bond acceptors (Lipinski definition) is 2. The molecule has 2 aromatic carbocycles. The minimum absolute atomic E-state index is 0.0664. The second-order valence-corrected chi connectivity index (χ2v) is 7.05. The maximum atomic E-state index is 12.7. The summed E-state index contributed by atoms with van der Waals surface area (Å²) in [5.74, 6) is 0.148. The van der Waals surface area contributed by atoms with Crippen LogP contribution in [0.25, 0.3) is 0 Å². The van der Waals surface area contributed by atoms with Gasteiger partial charge < -0.3 is 10.2 Å². The van der Waals surface area contributed by atoms with Crippen LogP contribution in [0, 0.1) is 12.8 Å². The van der Waals surface area contributed by atoms with Crippen LogP contribution >= 0.6 is 15.9 Å². The first-order valence-corrected chi connectivity index (χ1v) is 8.70. The number of nitrogens with one attached hydrogen (secondary N) is 1. The average molecular weight is 387 g/mol. The van der Waals surface area contributed by atoms with Gasteiger partial charge >= 0.3 is 0 Å². The average Bonchev–Trinajstić information content (AvgIpc) is 3.39. The van der Waals surface area contributed by atoms with E-state index in [0.717, 1.165) is 34.3 Å². The van der Waals surface area contributed by atoms with Gasteiger partial charge in [0.1, 0.15) is 0 Å². The Balaban J connectivity index is 1.73. The van der Waals surface area contributed by atoms with Crippen LogP contribution in [0.5, 0.6) is 0 Å². The predicted octanol–water partition coefficient (Wildman–Crippen LogP) is 4.38. The standard InChI is InChI=1S/C19H19BrN2O2/c1-12-11-15(20)7-10-17(12)22(2)19(24)14-5-8-16(9-6-14)21-18(23)13-3-4-13/h5-11,13H,3-4H2,1-2H3,(H,21,23). The van der Waals surface area contributed by atoms with E-state index in [9.17, 15) is 9.59 Å². The molecule has 0 aliphatic heterocycles. The summed E-state index contributed by atoms with van der Waals surface area (Å²) < 4.78 is 0.986. The molecular formula is C19H19BrN2O2. The molecule has 1 N–H and O–H groups in total. The molecule has 0 heterocycles. The van der Waals surface area contributed by atoms with Crippen molar-refractivity contribution in [1.29, 1.82) is 0 Å². The van der Waals surface area contributed by atoms with Crippen molar-refractivity contribution in [2.24, 2.45) is 5.92 Å². The van der Waals surface area contributed by atoms with E-state index in [-0.39, 0.29) is 17.7 Å². The minimum Gasteiger partial charge on any atom is -0.326 e. The third-order valence-electron chi connectivity index (χ3n) is 4.17. The molecular weight excluding hydrogens is 368 g/mol. The quantitative estimate of drug-likeness (QED) is 0.847. The summed E-state index contributed by atoms with van der Waals surface area (Å²) >= 11 is 3.43. The third kappa shape index (κ3) is 3.67. The lowest BCUT2D eigenvalue weighted by atomic mass is 10.1. The van der Waals surface area contributed by atoms with Gasteiger partial charge in [-0.2, -0.15) is 0 Å². The molecule has 1 aliphatic rings. The van der Waals surface area contributed by atoms with Crippen LogP contribution in [0.2, 0.25) is 0 Å². The highest BCUT2D eigenvalue weighted by atomic mass is 79.9. The molecule has 24 heavy (non-hydrogen) atoms. The van der Waals surface area contributed by atoms with E-state index in [1.807, 2.05) is 25.1 Å². The fraction of sp³-hybridized carbons (Fsp3) is 0.263. The van der Waals surface area contributed by atoms with Crippen LogP contribution < -0.4 is 10.2 Å². The van der Waals surface area contributed by atoms with Gasteiger partial charge in [-0.1, -0.05) is 15.9 Å². The summed E-state index contributed by atoms with van der Waals surface area (Å²) in [4.78, 5) is 26.1. The second kappa shape index (κ2) is 6.77. The lowest BCUT2D eigenvalue weighted by Crippen LogP contribution is -2.26. The molecule has 0 radical (unpaired) electrons. The number of rotatable bonds is 4. The molecule has 0 unspecified atom stereocenters. The molecule has 1 saturated carbocycles. The molecule has 0 aromatic heterocycles. The van der Waals surface area contributed by atoms with Crippen molar-refractivity contribution in [3.8, 4) is 0 Å². The van der Waals surface area contributed by atoms with Gasteiger partial charge in [0.25, 0.3) is 5.91 Å².